The van der Waals surface area contributed by atoms with Crippen LogP contribution in [-0.4, -0.2) is 11.1 Å². The van der Waals surface area contributed by atoms with Gasteiger partial charge < -0.3 is 5.11 Å². The summed E-state index contributed by atoms with van der Waals surface area (Å²) >= 11 is 11.6. The first kappa shape index (κ1) is 11.8. The van der Waals surface area contributed by atoms with Crippen LogP contribution in [-0.2, 0) is 11.2 Å². The molecule has 1 N–H and O–H groups in total. The van der Waals surface area contributed by atoms with Gasteiger partial charge in [0.15, 0.2) is 0 Å². The molecular formula is C10H7Cl2NO2. The van der Waals surface area contributed by atoms with Crippen LogP contribution < -0.4 is 0 Å². The third-order valence-corrected chi connectivity index (χ3v) is 2.77. The molecule has 0 saturated heterocycles. The van der Waals surface area contributed by atoms with Gasteiger partial charge in [-0.05, 0) is 11.6 Å². The van der Waals surface area contributed by atoms with Gasteiger partial charge in [-0.2, -0.15) is 5.26 Å². The fraction of sp³-hybridized carbons (Fsp3) is 0.200. The normalized spacial score (nSPS) is 11.8. The molecule has 15 heavy (non-hydrogen) atoms. The Balaban J connectivity index is 2.95. The summed E-state index contributed by atoms with van der Waals surface area (Å²) in [5.74, 6) is -2.26. The molecule has 1 rings (SSSR count). The van der Waals surface area contributed by atoms with Crippen LogP contribution in [0.25, 0.3) is 0 Å². The molecule has 1 atom stereocenters. The van der Waals surface area contributed by atoms with Crippen LogP contribution in [0.5, 0.6) is 0 Å². The lowest BCUT2D eigenvalue weighted by Crippen LogP contribution is -2.14. The molecule has 1 aromatic carbocycles. The van der Waals surface area contributed by atoms with E-state index < -0.39 is 11.9 Å². The predicted octanol–water partition coefficient (Wildman–Crippen LogP) is 2.76. The fourth-order valence-electron chi connectivity index (χ4n) is 1.11. The Morgan fingerprint density at radius 1 is 1.53 bits per heavy atom. The van der Waals surface area contributed by atoms with Gasteiger partial charge in [-0.15, -0.1) is 0 Å². The number of benzene rings is 1. The van der Waals surface area contributed by atoms with Gasteiger partial charge in [0.1, 0.15) is 5.92 Å². The van der Waals surface area contributed by atoms with Gasteiger partial charge in [0.05, 0.1) is 16.1 Å². The van der Waals surface area contributed by atoms with Crippen LogP contribution in [0.3, 0.4) is 0 Å². The zero-order valence-electron chi connectivity index (χ0n) is 7.58. The van der Waals surface area contributed by atoms with Gasteiger partial charge in [0.2, 0.25) is 0 Å². The Morgan fingerprint density at radius 3 is 2.73 bits per heavy atom. The van der Waals surface area contributed by atoms with Crippen LogP contribution >= 0.6 is 23.2 Å². The van der Waals surface area contributed by atoms with E-state index in [9.17, 15) is 4.79 Å². The van der Waals surface area contributed by atoms with Crippen LogP contribution in [0.1, 0.15) is 5.56 Å². The monoisotopic (exact) mass is 243 g/mol. The van der Waals surface area contributed by atoms with E-state index in [4.69, 9.17) is 33.6 Å². The molecule has 0 spiro atoms. The highest BCUT2D eigenvalue weighted by atomic mass is 35.5. The first-order valence-electron chi connectivity index (χ1n) is 4.11. The first-order valence-corrected chi connectivity index (χ1v) is 4.87. The van der Waals surface area contributed by atoms with Crippen molar-refractivity contribution >= 4 is 29.2 Å². The lowest BCUT2D eigenvalue weighted by atomic mass is 10.0. The number of halogens is 2. The molecule has 1 aromatic rings. The zero-order chi connectivity index (χ0) is 11.4. The van der Waals surface area contributed by atoms with Gasteiger partial charge in [0.25, 0.3) is 0 Å². The summed E-state index contributed by atoms with van der Waals surface area (Å²) in [5.41, 5.74) is 0.568. The Kier molecular flexibility index (Phi) is 3.96. The Labute approximate surface area is 96.8 Å². The Morgan fingerprint density at radius 2 is 2.20 bits per heavy atom. The summed E-state index contributed by atoms with van der Waals surface area (Å²) in [5, 5.41) is 18.0. The van der Waals surface area contributed by atoms with Crippen molar-refractivity contribution < 1.29 is 9.90 Å². The van der Waals surface area contributed by atoms with E-state index in [-0.39, 0.29) is 6.42 Å². The Hall–Kier alpha value is -1.24. The van der Waals surface area contributed by atoms with Crippen molar-refractivity contribution in [2.45, 2.75) is 6.42 Å². The molecule has 0 radical (unpaired) electrons. The highest BCUT2D eigenvalue weighted by molar-refractivity contribution is 6.42. The average molecular weight is 244 g/mol. The van der Waals surface area contributed by atoms with Gasteiger partial charge in [0, 0.05) is 6.42 Å². The van der Waals surface area contributed by atoms with Crippen LogP contribution in [0.4, 0.5) is 0 Å². The number of hydrogen-bond donors (Lipinski definition) is 1. The lowest BCUT2D eigenvalue weighted by molar-refractivity contribution is -0.139. The highest BCUT2D eigenvalue weighted by Gasteiger charge is 2.18. The molecule has 0 heterocycles. The lowest BCUT2D eigenvalue weighted by Gasteiger charge is -2.06. The molecule has 0 amide bonds. The summed E-state index contributed by atoms with van der Waals surface area (Å²) < 4.78 is 0. The largest absolute Gasteiger partial charge is 0.480 e. The van der Waals surface area contributed by atoms with E-state index in [0.29, 0.717) is 15.6 Å². The van der Waals surface area contributed by atoms with Crippen molar-refractivity contribution in [1.29, 1.82) is 5.26 Å². The summed E-state index contributed by atoms with van der Waals surface area (Å²) in [4.78, 5) is 10.6. The standard InChI is InChI=1S/C10H7Cl2NO2/c11-8-3-1-2-6(9(8)12)4-7(5-13)10(14)15/h1-3,7H,4H2,(H,14,15)/t7-/m0/s1. The third kappa shape index (κ3) is 2.85. The summed E-state index contributed by atoms with van der Waals surface area (Å²) in [6.45, 7) is 0. The zero-order valence-corrected chi connectivity index (χ0v) is 9.09. The molecule has 0 aliphatic rings. The van der Waals surface area contributed by atoms with Crippen molar-refractivity contribution in [3.05, 3.63) is 33.8 Å². The molecule has 0 fully saturated rings. The molecule has 0 saturated carbocycles. The minimum Gasteiger partial charge on any atom is -0.480 e. The summed E-state index contributed by atoms with van der Waals surface area (Å²) in [6.07, 6.45) is 0.0607. The number of hydrogen-bond acceptors (Lipinski definition) is 2. The van der Waals surface area contributed by atoms with E-state index in [2.05, 4.69) is 0 Å². The molecule has 5 heteroatoms. The highest BCUT2D eigenvalue weighted by Crippen LogP contribution is 2.27. The van der Waals surface area contributed by atoms with Crippen LogP contribution in [0, 0.1) is 17.2 Å². The molecule has 0 aromatic heterocycles. The second-order valence-corrected chi connectivity index (χ2v) is 3.72. The average Bonchev–Trinajstić information content (AvgIpc) is 2.19. The van der Waals surface area contributed by atoms with Crippen LogP contribution in [0.2, 0.25) is 10.0 Å². The van der Waals surface area contributed by atoms with E-state index in [1.54, 1.807) is 24.3 Å². The predicted molar refractivity (Wildman–Crippen MR) is 56.9 cm³/mol. The molecule has 0 unspecified atom stereocenters. The maximum Gasteiger partial charge on any atom is 0.321 e. The fourth-order valence-corrected chi connectivity index (χ4v) is 1.51. The van der Waals surface area contributed by atoms with E-state index in [1.807, 2.05) is 0 Å². The number of nitriles is 1. The number of carboxylic acids is 1. The molecule has 0 aliphatic heterocycles. The smallest absolute Gasteiger partial charge is 0.321 e. The molecule has 0 bridgehead atoms. The van der Waals surface area contributed by atoms with Crippen LogP contribution in [0.15, 0.2) is 18.2 Å². The second kappa shape index (κ2) is 5.01. The van der Waals surface area contributed by atoms with Gasteiger partial charge in [-0.1, -0.05) is 35.3 Å². The second-order valence-electron chi connectivity index (χ2n) is 2.94. The molecule has 3 nitrogen and oxygen atoms in total. The third-order valence-electron chi connectivity index (χ3n) is 1.91. The maximum absolute atomic E-state index is 10.6. The van der Waals surface area contributed by atoms with Crippen molar-refractivity contribution in [2.75, 3.05) is 0 Å². The number of nitrogens with zero attached hydrogens (tertiary/aromatic N) is 1. The van der Waals surface area contributed by atoms with E-state index in [0.717, 1.165) is 0 Å². The topological polar surface area (TPSA) is 61.1 Å². The van der Waals surface area contributed by atoms with Gasteiger partial charge in [-0.25, -0.2) is 0 Å². The van der Waals surface area contributed by atoms with Crippen molar-refractivity contribution in [2.24, 2.45) is 5.92 Å². The molecule has 0 aliphatic carbocycles. The number of carbonyl (C=O) groups is 1. The molecular weight excluding hydrogens is 237 g/mol. The summed E-state index contributed by atoms with van der Waals surface area (Å²) in [6, 6.07) is 6.62. The van der Waals surface area contributed by atoms with Gasteiger partial charge >= 0.3 is 5.97 Å². The quantitative estimate of drug-likeness (QED) is 0.889. The first-order chi connectivity index (χ1) is 7.06. The van der Waals surface area contributed by atoms with Crippen molar-refractivity contribution in [3.8, 4) is 6.07 Å². The van der Waals surface area contributed by atoms with Gasteiger partial charge in [-0.3, -0.25) is 4.79 Å². The number of aliphatic carboxylic acids is 1. The maximum atomic E-state index is 10.6. The number of rotatable bonds is 3. The minimum absolute atomic E-state index is 0.0607. The molecule has 78 valence electrons. The van der Waals surface area contributed by atoms with Crippen molar-refractivity contribution in [3.63, 3.8) is 0 Å². The number of carboxylic acid groups (broad SMARTS) is 1. The Bertz CT molecular complexity index is 426. The van der Waals surface area contributed by atoms with E-state index >= 15 is 0 Å². The minimum atomic E-state index is -1.16. The van der Waals surface area contributed by atoms with Crippen molar-refractivity contribution in [1.82, 2.24) is 0 Å². The SMILES string of the molecule is N#C[C@H](Cc1cccc(Cl)c1Cl)C(=O)O. The van der Waals surface area contributed by atoms with E-state index in [1.165, 1.54) is 0 Å². The summed E-state index contributed by atoms with van der Waals surface area (Å²) in [7, 11) is 0.